The molecule has 0 fully saturated rings. The number of carbonyl (C=O) groups excluding carboxylic acids is 1. The Morgan fingerprint density at radius 3 is 2.82 bits per heavy atom. The Labute approximate surface area is 138 Å². The molecule has 2 aromatic carbocycles. The number of halogens is 2. The third-order valence-electron chi connectivity index (χ3n) is 2.73. The largest absolute Gasteiger partial charge is 0.484 e. The standard InChI is InChI=1S/C16H14Cl2N2O2/c1-11-4-2-6-13(8-11)22-10-15(21)20-19-9-12-5-3-7-14(17)16(12)18/h2-9H,10H2,1H3,(H,20,21). The van der Waals surface area contributed by atoms with E-state index < -0.39 is 0 Å². The highest BCUT2D eigenvalue weighted by Crippen LogP contribution is 2.24. The molecule has 0 unspecified atom stereocenters. The minimum atomic E-state index is -0.365. The van der Waals surface area contributed by atoms with E-state index in [1.165, 1.54) is 6.21 Å². The molecule has 1 N–H and O–H groups in total. The SMILES string of the molecule is Cc1cccc(OCC(=O)NN=Cc2cccc(Cl)c2Cl)c1. The Balaban J connectivity index is 1.85. The number of rotatable bonds is 5. The van der Waals surface area contributed by atoms with Crippen LogP contribution in [0.3, 0.4) is 0 Å². The molecule has 114 valence electrons. The maximum atomic E-state index is 11.6. The van der Waals surface area contributed by atoms with Gasteiger partial charge in [-0.2, -0.15) is 5.10 Å². The molecule has 4 nitrogen and oxygen atoms in total. The Morgan fingerprint density at radius 2 is 2.05 bits per heavy atom. The molecule has 2 rings (SSSR count). The van der Waals surface area contributed by atoms with Crippen LogP contribution in [0.25, 0.3) is 0 Å². The summed E-state index contributed by atoms with van der Waals surface area (Å²) < 4.78 is 5.36. The second-order valence-corrected chi connectivity index (χ2v) is 5.33. The monoisotopic (exact) mass is 336 g/mol. The number of aryl methyl sites for hydroxylation is 1. The maximum Gasteiger partial charge on any atom is 0.277 e. The van der Waals surface area contributed by atoms with Gasteiger partial charge < -0.3 is 4.74 Å². The lowest BCUT2D eigenvalue weighted by Gasteiger charge is -2.05. The summed E-state index contributed by atoms with van der Waals surface area (Å²) in [4.78, 5) is 11.6. The zero-order valence-electron chi connectivity index (χ0n) is 11.8. The number of ether oxygens (including phenoxy) is 1. The van der Waals surface area contributed by atoms with Crippen LogP contribution in [0.1, 0.15) is 11.1 Å². The number of carbonyl (C=O) groups is 1. The van der Waals surface area contributed by atoms with Gasteiger partial charge in [0.25, 0.3) is 5.91 Å². The summed E-state index contributed by atoms with van der Waals surface area (Å²) in [6.07, 6.45) is 1.43. The van der Waals surface area contributed by atoms with Gasteiger partial charge >= 0.3 is 0 Å². The zero-order valence-corrected chi connectivity index (χ0v) is 13.4. The highest BCUT2D eigenvalue weighted by Gasteiger charge is 2.03. The number of hydrogen-bond acceptors (Lipinski definition) is 3. The lowest BCUT2D eigenvalue weighted by Crippen LogP contribution is -2.24. The molecule has 22 heavy (non-hydrogen) atoms. The van der Waals surface area contributed by atoms with Crippen LogP contribution < -0.4 is 10.2 Å². The molecule has 0 aliphatic rings. The first-order chi connectivity index (χ1) is 10.6. The molecule has 0 spiro atoms. The maximum absolute atomic E-state index is 11.6. The van der Waals surface area contributed by atoms with Crippen LogP contribution >= 0.6 is 23.2 Å². The molecule has 0 saturated carbocycles. The summed E-state index contributed by atoms with van der Waals surface area (Å²) in [5.41, 5.74) is 4.05. The molecule has 2 aromatic rings. The van der Waals surface area contributed by atoms with Crippen molar-refractivity contribution >= 4 is 35.3 Å². The molecule has 1 amide bonds. The van der Waals surface area contributed by atoms with Crippen LogP contribution in [-0.2, 0) is 4.79 Å². The minimum Gasteiger partial charge on any atom is -0.484 e. The summed E-state index contributed by atoms with van der Waals surface area (Å²) >= 11 is 11.9. The minimum absolute atomic E-state index is 0.121. The molecule has 0 radical (unpaired) electrons. The van der Waals surface area contributed by atoms with Gasteiger partial charge in [-0.05, 0) is 30.7 Å². The van der Waals surface area contributed by atoms with Crippen LogP contribution in [0.5, 0.6) is 5.75 Å². The number of benzene rings is 2. The van der Waals surface area contributed by atoms with E-state index in [4.69, 9.17) is 27.9 Å². The lowest BCUT2D eigenvalue weighted by molar-refractivity contribution is -0.123. The van der Waals surface area contributed by atoms with Crippen LogP contribution in [-0.4, -0.2) is 18.7 Å². The van der Waals surface area contributed by atoms with Crippen LogP contribution in [0, 0.1) is 6.92 Å². The summed E-state index contributed by atoms with van der Waals surface area (Å²) in [6.45, 7) is 1.83. The number of hydrogen-bond donors (Lipinski definition) is 1. The van der Waals surface area contributed by atoms with Crippen molar-refractivity contribution in [2.24, 2.45) is 5.10 Å². The van der Waals surface area contributed by atoms with E-state index in [9.17, 15) is 4.79 Å². The summed E-state index contributed by atoms with van der Waals surface area (Å²) in [5.74, 6) is 0.271. The van der Waals surface area contributed by atoms with Gasteiger partial charge in [0.15, 0.2) is 6.61 Å². The third kappa shape index (κ3) is 4.76. The number of nitrogens with zero attached hydrogens (tertiary/aromatic N) is 1. The van der Waals surface area contributed by atoms with Crippen molar-refractivity contribution in [1.29, 1.82) is 0 Å². The second kappa shape index (κ2) is 7.82. The molecule has 0 aromatic heterocycles. The number of amides is 1. The first kappa shape index (κ1) is 16.3. The molecule has 0 aliphatic carbocycles. The van der Waals surface area contributed by atoms with Gasteiger partial charge in [-0.1, -0.05) is 47.5 Å². The van der Waals surface area contributed by atoms with E-state index in [1.54, 1.807) is 24.3 Å². The van der Waals surface area contributed by atoms with Crippen molar-refractivity contribution in [2.45, 2.75) is 6.92 Å². The van der Waals surface area contributed by atoms with Crippen molar-refractivity contribution in [3.8, 4) is 5.75 Å². The summed E-state index contributed by atoms with van der Waals surface area (Å²) in [7, 11) is 0. The van der Waals surface area contributed by atoms with Crippen molar-refractivity contribution in [2.75, 3.05) is 6.61 Å². The van der Waals surface area contributed by atoms with E-state index in [0.717, 1.165) is 5.56 Å². The van der Waals surface area contributed by atoms with E-state index in [1.807, 2.05) is 25.1 Å². The van der Waals surface area contributed by atoms with Gasteiger partial charge in [-0.3, -0.25) is 4.79 Å². The Bertz CT molecular complexity index is 702. The normalized spacial score (nSPS) is 10.7. The lowest BCUT2D eigenvalue weighted by atomic mass is 10.2. The van der Waals surface area contributed by atoms with Gasteiger partial charge in [0.1, 0.15) is 5.75 Å². The first-order valence-electron chi connectivity index (χ1n) is 6.51. The van der Waals surface area contributed by atoms with E-state index in [2.05, 4.69) is 10.5 Å². The molecule has 0 bridgehead atoms. The van der Waals surface area contributed by atoms with Crippen LogP contribution in [0.15, 0.2) is 47.6 Å². The Hall–Kier alpha value is -2.04. The van der Waals surface area contributed by atoms with Gasteiger partial charge in [-0.15, -0.1) is 0 Å². The van der Waals surface area contributed by atoms with E-state index in [0.29, 0.717) is 21.4 Å². The fourth-order valence-corrected chi connectivity index (χ4v) is 2.04. The topological polar surface area (TPSA) is 50.7 Å². The second-order valence-electron chi connectivity index (χ2n) is 4.54. The van der Waals surface area contributed by atoms with E-state index >= 15 is 0 Å². The smallest absolute Gasteiger partial charge is 0.277 e. The Morgan fingerprint density at radius 1 is 1.27 bits per heavy atom. The average molecular weight is 337 g/mol. The molecule has 0 aliphatic heterocycles. The van der Waals surface area contributed by atoms with Crippen molar-refractivity contribution in [1.82, 2.24) is 5.43 Å². The fraction of sp³-hybridized carbons (Fsp3) is 0.125. The molecular formula is C16H14Cl2N2O2. The predicted molar refractivity (Wildman–Crippen MR) is 88.9 cm³/mol. The fourth-order valence-electron chi connectivity index (χ4n) is 1.68. The number of nitrogens with one attached hydrogen (secondary N) is 1. The van der Waals surface area contributed by atoms with Crippen molar-refractivity contribution in [3.05, 3.63) is 63.6 Å². The van der Waals surface area contributed by atoms with Crippen LogP contribution in [0.4, 0.5) is 0 Å². The van der Waals surface area contributed by atoms with Crippen molar-refractivity contribution in [3.63, 3.8) is 0 Å². The molecular weight excluding hydrogens is 323 g/mol. The molecule has 0 saturated heterocycles. The van der Waals surface area contributed by atoms with Gasteiger partial charge in [-0.25, -0.2) is 5.43 Å². The number of hydrazone groups is 1. The highest BCUT2D eigenvalue weighted by atomic mass is 35.5. The highest BCUT2D eigenvalue weighted by molar-refractivity contribution is 6.43. The van der Waals surface area contributed by atoms with Crippen molar-refractivity contribution < 1.29 is 9.53 Å². The van der Waals surface area contributed by atoms with Crippen LogP contribution in [0.2, 0.25) is 10.0 Å². The molecule has 6 heteroatoms. The Kier molecular flexibility index (Phi) is 5.81. The molecule has 0 atom stereocenters. The predicted octanol–water partition coefficient (Wildman–Crippen LogP) is 3.83. The molecule has 0 heterocycles. The third-order valence-corrected chi connectivity index (χ3v) is 3.57. The summed E-state index contributed by atoms with van der Waals surface area (Å²) in [5, 5.41) is 4.64. The first-order valence-corrected chi connectivity index (χ1v) is 7.27. The quantitative estimate of drug-likeness (QED) is 0.666. The van der Waals surface area contributed by atoms with Gasteiger partial charge in [0, 0.05) is 5.56 Å². The van der Waals surface area contributed by atoms with Gasteiger partial charge in [0.2, 0.25) is 0 Å². The zero-order chi connectivity index (χ0) is 15.9. The summed E-state index contributed by atoms with van der Waals surface area (Å²) in [6, 6.07) is 12.6. The average Bonchev–Trinajstić information content (AvgIpc) is 2.49. The van der Waals surface area contributed by atoms with Gasteiger partial charge in [0.05, 0.1) is 16.3 Å². The van der Waals surface area contributed by atoms with E-state index in [-0.39, 0.29) is 12.5 Å².